The molecule has 5 heteroatoms. The molecule has 0 atom stereocenters. The summed E-state index contributed by atoms with van der Waals surface area (Å²) in [6.45, 7) is 6.17. The SMILES string of the molecule is CCc1cccc(CC)c1NC(=S)NC(=N)N1CCCC1. The van der Waals surface area contributed by atoms with E-state index in [2.05, 4.69) is 42.7 Å². The Labute approximate surface area is 132 Å². The lowest BCUT2D eigenvalue weighted by Gasteiger charge is -2.21. The Morgan fingerprint density at radius 2 is 1.76 bits per heavy atom. The number of nitrogens with one attached hydrogen (secondary N) is 3. The summed E-state index contributed by atoms with van der Waals surface area (Å²) in [5, 5.41) is 14.9. The van der Waals surface area contributed by atoms with Crippen LogP contribution in [0.3, 0.4) is 0 Å². The van der Waals surface area contributed by atoms with Crippen LogP contribution in [0.5, 0.6) is 0 Å². The topological polar surface area (TPSA) is 51.1 Å². The van der Waals surface area contributed by atoms with Crippen molar-refractivity contribution in [3.05, 3.63) is 29.3 Å². The van der Waals surface area contributed by atoms with Crippen molar-refractivity contribution in [2.24, 2.45) is 0 Å². The molecule has 0 spiro atoms. The summed E-state index contributed by atoms with van der Waals surface area (Å²) in [5.41, 5.74) is 3.60. The molecule has 1 heterocycles. The number of nitrogens with zero attached hydrogens (tertiary/aromatic N) is 1. The Balaban J connectivity index is 2.03. The lowest BCUT2D eigenvalue weighted by atomic mass is 10.0. The highest BCUT2D eigenvalue weighted by Crippen LogP contribution is 2.22. The number of hydrogen-bond acceptors (Lipinski definition) is 2. The molecule has 0 radical (unpaired) electrons. The smallest absolute Gasteiger partial charge is 0.197 e. The molecule has 1 aromatic rings. The van der Waals surface area contributed by atoms with Gasteiger partial charge in [0.25, 0.3) is 0 Å². The molecular formula is C16H24N4S. The zero-order valence-electron chi connectivity index (χ0n) is 12.8. The van der Waals surface area contributed by atoms with E-state index in [0.29, 0.717) is 11.1 Å². The summed E-state index contributed by atoms with van der Waals surface area (Å²) in [6, 6.07) is 6.33. The Morgan fingerprint density at radius 3 is 2.29 bits per heavy atom. The van der Waals surface area contributed by atoms with E-state index in [1.165, 1.54) is 11.1 Å². The van der Waals surface area contributed by atoms with Crippen molar-refractivity contribution in [2.45, 2.75) is 39.5 Å². The number of anilines is 1. The van der Waals surface area contributed by atoms with E-state index in [4.69, 9.17) is 17.6 Å². The highest BCUT2D eigenvalue weighted by atomic mass is 32.1. The molecule has 0 saturated carbocycles. The fraction of sp³-hybridized carbons (Fsp3) is 0.500. The summed E-state index contributed by atoms with van der Waals surface area (Å²) in [6.07, 6.45) is 4.23. The lowest BCUT2D eigenvalue weighted by Crippen LogP contribution is -2.43. The molecule has 1 fully saturated rings. The van der Waals surface area contributed by atoms with Gasteiger partial charge in [-0.1, -0.05) is 32.0 Å². The van der Waals surface area contributed by atoms with Gasteiger partial charge in [0.2, 0.25) is 0 Å². The van der Waals surface area contributed by atoms with E-state index in [1.807, 2.05) is 4.90 Å². The highest BCUT2D eigenvalue weighted by molar-refractivity contribution is 7.80. The van der Waals surface area contributed by atoms with Crippen molar-refractivity contribution in [1.29, 1.82) is 5.41 Å². The van der Waals surface area contributed by atoms with E-state index >= 15 is 0 Å². The predicted octanol–water partition coefficient (Wildman–Crippen LogP) is 3.13. The van der Waals surface area contributed by atoms with E-state index in [9.17, 15) is 0 Å². The molecule has 21 heavy (non-hydrogen) atoms. The summed E-state index contributed by atoms with van der Waals surface area (Å²) < 4.78 is 0. The van der Waals surface area contributed by atoms with Gasteiger partial charge < -0.3 is 15.5 Å². The number of benzene rings is 1. The number of aryl methyl sites for hydroxylation is 2. The molecule has 0 amide bonds. The van der Waals surface area contributed by atoms with Crippen molar-refractivity contribution < 1.29 is 0 Å². The second-order valence-electron chi connectivity index (χ2n) is 5.28. The van der Waals surface area contributed by atoms with Crippen LogP contribution in [0, 0.1) is 5.41 Å². The quantitative estimate of drug-likeness (QED) is 0.456. The number of guanidine groups is 1. The summed E-state index contributed by atoms with van der Waals surface area (Å²) in [5.74, 6) is 0.400. The van der Waals surface area contributed by atoms with Crippen molar-refractivity contribution in [3.63, 3.8) is 0 Å². The second-order valence-corrected chi connectivity index (χ2v) is 5.69. The average molecular weight is 304 g/mol. The van der Waals surface area contributed by atoms with Crippen LogP contribution < -0.4 is 10.6 Å². The highest BCUT2D eigenvalue weighted by Gasteiger charge is 2.16. The van der Waals surface area contributed by atoms with Crippen LogP contribution in [-0.4, -0.2) is 29.1 Å². The van der Waals surface area contributed by atoms with Gasteiger partial charge >= 0.3 is 0 Å². The van der Waals surface area contributed by atoms with Gasteiger partial charge in [0, 0.05) is 18.8 Å². The van der Waals surface area contributed by atoms with Crippen LogP contribution in [0.4, 0.5) is 5.69 Å². The molecule has 3 N–H and O–H groups in total. The molecule has 2 rings (SSSR count). The van der Waals surface area contributed by atoms with Gasteiger partial charge in [0.05, 0.1) is 0 Å². The van der Waals surface area contributed by atoms with E-state index in [-0.39, 0.29) is 0 Å². The number of rotatable bonds is 3. The van der Waals surface area contributed by atoms with Gasteiger partial charge in [0.1, 0.15) is 0 Å². The molecule has 1 aromatic carbocycles. The molecule has 0 aromatic heterocycles. The first-order chi connectivity index (χ1) is 10.2. The Hall–Kier alpha value is -1.62. The fourth-order valence-electron chi connectivity index (χ4n) is 2.68. The first-order valence-corrected chi connectivity index (χ1v) is 8.08. The Morgan fingerprint density at radius 1 is 1.19 bits per heavy atom. The van der Waals surface area contributed by atoms with Gasteiger partial charge in [-0.05, 0) is 49.0 Å². The molecule has 4 nitrogen and oxygen atoms in total. The molecule has 0 aliphatic carbocycles. The maximum atomic E-state index is 8.07. The molecule has 114 valence electrons. The maximum Gasteiger partial charge on any atom is 0.197 e. The van der Waals surface area contributed by atoms with E-state index in [1.54, 1.807) is 0 Å². The maximum absolute atomic E-state index is 8.07. The third-order valence-corrected chi connectivity index (χ3v) is 4.10. The van der Waals surface area contributed by atoms with Gasteiger partial charge in [-0.3, -0.25) is 5.41 Å². The number of thiocarbonyl (C=S) groups is 1. The number of hydrogen-bond donors (Lipinski definition) is 3. The monoisotopic (exact) mass is 304 g/mol. The first-order valence-electron chi connectivity index (χ1n) is 7.68. The van der Waals surface area contributed by atoms with Crippen LogP contribution >= 0.6 is 12.2 Å². The number of likely N-dealkylation sites (tertiary alicyclic amines) is 1. The van der Waals surface area contributed by atoms with Crippen LogP contribution in [0.15, 0.2) is 18.2 Å². The minimum Gasteiger partial charge on any atom is -0.343 e. The summed E-state index contributed by atoms with van der Waals surface area (Å²) in [4.78, 5) is 2.03. The summed E-state index contributed by atoms with van der Waals surface area (Å²) >= 11 is 5.37. The normalized spacial score (nSPS) is 14.1. The van der Waals surface area contributed by atoms with Gasteiger partial charge in [0.15, 0.2) is 11.1 Å². The van der Waals surface area contributed by atoms with Crippen LogP contribution in [0.25, 0.3) is 0 Å². The third-order valence-electron chi connectivity index (χ3n) is 3.89. The average Bonchev–Trinajstić information content (AvgIpc) is 3.01. The summed E-state index contributed by atoms with van der Waals surface area (Å²) in [7, 11) is 0. The Bertz CT molecular complexity index is 499. The molecule has 1 aliphatic rings. The molecule has 0 bridgehead atoms. The third kappa shape index (κ3) is 3.94. The molecule has 0 unspecified atom stereocenters. The van der Waals surface area contributed by atoms with Crippen molar-refractivity contribution >= 4 is 29.0 Å². The minimum atomic E-state index is 0.400. The molecule has 1 saturated heterocycles. The molecular weight excluding hydrogens is 280 g/mol. The largest absolute Gasteiger partial charge is 0.343 e. The van der Waals surface area contributed by atoms with E-state index in [0.717, 1.165) is 44.5 Å². The lowest BCUT2D eigenvalue weighted by molar-refractivity contribution is 0.503. The number of para-hydroxylation sites is 1. The van der Waals surface area contributed by atoms with Gasteiger partial charge in [-0.2, -0.15) is 0 Å². The molecule has 1 aliphatic heterocycles. The zero-order valence-corrected chi connectivity index (χ0v) is 13.6. The van der Waals surface area contributed by atoms with E-state index < -0.39 is 0 Å². The zero-order chi connectivity index (χ0) is 15.2. The predicted molar refractivity (Wildman–Crippen MR) is 93.1 cm³/mol. The second kappa shape index (κ2) is 7.41. The van der Waals surface area contributed by atoms with Crippen LogP contribution in [-0.2, 0) is 12.8 Å². The standard InChI is InChI=1S/C16H24N4S/c1-3-12-8-7-9-13(4-2)14(12)18-16(21)19-15(17)20-10-5-6-11-20/h7-9H,3-6,10-11H2,1-2H3,(H3,17,18,19,21). The van der Waals surface area contributed by atoms with Crippen molar-refractivity contribution in [3.8, 4) is 0 Å². The van der Waals surface area contributed by atoms with Crippen molar-refractivity contribution in [1.82, 2.24) is 10.2 Å². The Kier molecular flexibility index (Phi) is 5.56. The van der Waals surface area contributed by atoms with Gasteiger partial charge in [-0.25, -0.2) is 0 Å². The van der Waals surface area contributed by atoms with Gasteiger partial charge in [-0.15, -0.1) is 0 Å². The van der Waals surface area contributed by atoms with Crippen molar-refractivity contribution in [2.75, 3.05) is 18.4 Å². The van der Waals surface area contributed by atoms with Crippen LogP contribution in [0.1, 0.15) is 37.8 Å². The fourth-order valence-corrected chi connectivity index (χ4v) is 2.87. The minimum absolute atomic E-state index is 0.400. The van der Waals surface area contributed by atoms with Crippen LogP contribution in [0.2, 0.25) is 0 Å². The first kappa shape index (κ1) is 15.8.